The second-order valence-corrected chi connectivity index (χ2v) is 5.41. The molecule has 0 spiro atoms. The maximum absolute atomic E-state index is 12.1. The molecule has 0 saturated heterocycles. The smallest absolute Gasteiger partial charge is 0.339 e. The van der Waals surface area contributed by atoms with Gasteiger partial charge in [0.15, 0.2) is 0 Å². The Morgan fingerprint density at radius 1 is 1.13 bits per heavy atom. The first-order chi connectivity index (χ1) is 11.2. The standard InChI is InChI=1S/C19H19NO3/c1-2-23-19(22)16-13-20(12-14-8-4-3-5-9-14)17-11-7-6-10-15(17)18(16)21/h3-11,21H,2,12-13H2,1H3. The zero-order valence-corrected chi connectivity index (χ0v) is 13.0. The number of carbonyl (C=O) groups excluding carboxylic acids is 1. The lowest BCUT2D eigenvalue weighted by molar-refractivity contribution is -0.138. The lowest BCUT2D eigenvalue weighted by atomic mass is 9.99. The van der Waals surface area contributed by atoms with E-state index in [9.17, 15) is 9.90 Å². The van der Waals surface area contributed by atoms with Crippen LogP contribution in [-0.2, 0) is 16.1 Å². The van der Waals surface area contributed by atoms with Crippen molar-refractivity contribution in [3.8, 4) is 0 Å². The van der Waals surface area contributed by atoms with E-state index >= 15 is 0 Å². The summed E-state index contributed by atoms with van der Waals surface area (Å²) in [5, 5.41) is 10.5. The van der Waals surface area contributed by atoms with Crippen LogP contribution in [0.2, 0.25) is 0 Å². The summed E-state index contributed by atoms with van der Waals surface area (Å²) < 4.78 is 5.08. The summed E-state index contributed by atoms with van der Waals surface area (Å²) in [4.78, 5) is 14.2. The van der Waals surface area contributed by atoms with Gasteiger partial charge in [-0.05, 0) is 24.6 Å². The van der Waals surface area contributed by atoms with Gasteiger partial charge < -0.3 is 14.7 Å². The summed E-state index contributed by atoms with van der Waals surface area (Å²) in [6.07, 6.45) is 0. The van der Waals surface area contributed by atoms with Gasteiger partial charge in [0.25, 0.3) is 0 Å². The number of aliphatic hydroxyl groups is 1. The molecule has 1 N–H and O–H groups in total. The van der Waals surface area contributed by atoms with Crippen LogP contribution in [0.1, 0.15) is 18.1 Å². The predicted molar refractivity (Wildman–Crippen MR) is 90.1 cm³/mol. The molecule has 0 amide bonds. The highest BCUT2D eigenvalue weighted by Crippen LogP contribution is 2.34. The zero-order chi connectivity index (χ0) is 16.2. The molecule has 23 heavy (non-hydrogen) atoms. The number of hydrogen-bond donors (Lipinski definition) is 1. The first kappa shape index (κ1) is 15.2. The highest BCUT2D eigenvalue weighted by molar-refractivity contribution is 6.00. The van der Waals surface area contributed by atoms with Crippen molar-refractivity contribution in [2.45, 2.75) is 13.5 Å². The van der Waals surface area contributed by atoms with Gasteiger partial charge in [-0.15, -0.1) is 0 Å². The topological polar surface area (TPSA) is 49.8 Å². The van der Waals surface area contributed by atoms with Gasteiger partial charge in [-0.1, -0.05) is 42.5 Å². The summed E-state index contributed by atoms with van der Waals surface area (Å²) in [5.74, 6) is -0.444. The molecule has 0 aromatic heterocycles. The number of carbonyl (C=O) groups is 1. The Hall–Kier alpha value is -2.75. The van der Waals surface area contributed by atoms with Crippen LogP contribution in [0.15, 0.2) is 60.2 Å². The molecule has 0 bridgehead atoms. The van der Waals surface area contributed by atoms with E-state index < -0.39 is 5.97 Å². The van der Waals surface area contributed by atoms with Gasteiger partial charge in [0.05, 0.1) is 18.7 Å². The molecule has 1 heterocycles. The third-order valence-electron chi connectivity index (χ3n) is 3.87. The molecule has 0 unspecified atom stereocenters. The van der Waals surface area contributed by atoms with Gasteiger partial charge in [-0.25, -0.2) is 4.79 Å². The Morgan fingerprint density at radius 3 is 2.57 bits per heavy atom. The Kier molecular flexibility index (Phi) is 4.33. The molecule has 1 aliphatic heterocycles. The van der Waals surface area contributed by atoms with Gasteiger partial charge in [0.2, 0.25) is 0 Å². The summed E-state index contributed by atoms with van der Waals surface area (Å²) in [6, 6.07) is 17.6. The van der Waals surface area contributed by atoms with Crippen LogP contribution in [0, 0.1) is 0 Å². The van der Waals surface area contributed by atoms with Crippen LogP contribution in [-0.4, -0.2) is 24.2 Å². The Labute approximate surface area is 135 Å². The van der Waals surface area contributed by atoms with Crippen molar-refractivity contribution < 1.29 is 14.6 Å². The summed E-state index contributed by atoms with van der Waals surface area (Å²) in [7, 11) is 0. The zero-order valence-electron chi connectivity index (χ0n) is 13.0. The van der Waals surface area contributed by atoms with E-state index in [0.717, 1.165) is 11.3 Å². The third-order valence-corrected chi connectivity index (χ3v) is 3.87. The lowest BCUT2D eigenvalue weighted by Crippen LogP contribution is -2.32. The monoisotopic (exact) mass is 309 g/mol. The molecule has 1 aliphatic rings. The number of nitrogens with zero attached hydrogens (tertiary/aromatic N) is 1. The highest BCUT2D eigenvalue weighted by Gasteiger charge is 2.28. The fourth-order valence-electron chi connectivity index (χ4n) is 2.79. The minimum atomic E-state index is -0.461. The van der Waals surface area contributed by atoms with E-state index in [0.29, 0.717) is 24.2 Å². The van der Waals surface area contributed by atoms with E-state index in [4.69, 9.17) is 4.74 Å². The fraction of sp³-hybridized carbons (Fsp3) is 0.211. The molecule has 4 nitrogen and oxygen atoms in total. The van der Waals surface area contributed by atoms with Crippen molar-refractivity contribution in [3.05, 3.63) is 71.3 Å². The molecule has 0 radical (unpaired) electrons. The first-order valence-electron chi connectivity index (χ1n) is 7.68. The first-order valence-corrected chi connectivity index (χ1v) is 7.68. The SMILES string of the molecule is CCOC(=O)C1=C(O)c2ccccc2N(Cc2ccccc2)C1. The number of para-hydroxylation sites is 1. The van der Waals surface area contributed by atoms with E-state index in [1.165, 1.54) is 0 Å². The number of aliphatic hydroxyl groups excluding tert-OH is 1. The number of ether oxygens (including phenoxy) is 1. The fourth-order valence-corrected chi connectivity index (χ4v) is 2.79. The second kappa shape index (κ2) is 6.57. The van der Waals surface area contributed by atoms with Gasteiger partial charge in [0.1, 0.15) is 5.76 Å². The van der Waals surface area contributed by atoms with E-state index in [1.807, 2.05) is 54.6 Å². The minimum absolute atomic E-state index is 0.0170. The molecule has 0 saturated carbocycles. The van der Waals surface area contributed by atoms with Crippen molar-refractivity contribution in [1.29, 1.82) is 0 Å². The van der Waals surface area contributed by atoms with Crippen LogP contribution < -0.4 is 4.90 Å². The van der Waals surface area contributed by atoms with E-state index in [-0.39, 0.29) is 12.4 Å². The quantitative estimate of drug-likeness (QED) is 0.878. The van der Waals surface area contributed by atoms with Gasteiger partial charge in [-0.3, -0.25) is 0 Å². The summed E-state index contributed by atoms with van der Waals surface area (Å²) >= 11 is 0. The predicted octanol–water partition coefficient (Wildman–Crippen LogP) is 3.54. The molecule has 118 valence electrons. The van der Waals surface area contributed by atoms with Crippen molar-refractivity contribution in [2.75, 3.05) is 18.1 Å². The van der Waals surface area contributed by atoms with Crippen molar-refractivity contribution in [2.24, 2.45) is 0 Å². The van der Waals surface area contributed by atoms with Crippen LogP contribution in [0.25, 0.3) is 5.76 Å². The number of anilines is 1. The normalized spacial score (nSPS) is 13.7. The van der Waals surface area contributed by atoms with Crippen LogP contribution in [0.4, 0.5) is 5.69 Å². The molecule has 2 aromatic carbocycles. The minimum Gasteiger partial charge on any atom is -0.507 e. The van der Waals surface area contributed by atoms with E-state index in [2.05, 4.69) is 4.90 Å². The van der Waals surface area contributed by atoms with Crippen molar-refractivity contribution in [1.82, 2.24) is 0 Å². The largest absolute Gasteiger partial charge is 0.507 e. The lowest BCUT2D eigenvalue weighted by Gasteiger charge is -2.32. The Morgan fingerprint density at radius 2 is 1.83 bits per heavy atom. The molecule has 2 aromatic rings. The Balaban J connectivity index is 1.98. The molecule has 3 rings (SSSR count). The maximum Gasteiger partial charge on any atom is 0.339 e. The number of benzene rings is 2. The van der Waals surface area contributed by atoms with Crippen molar-refractivity contribution in [3.63, 3.8) is 0 Å². The highest BCUT2D eigenvalue weighted by atomic mass is 16.5. The van der Waals surface area contributed by atoms with Crippen molar-refractivity contribution >= 4 is 17.4 Å². The maximum atomic E-state index is 12.1. The van der Waals surface area contributed by atoms with E-state index in [1.54, 1.807) is 6.92 Å². The van der Waals surface area contributed by atoms with Gasteiger partial charge >= 0.3 is 5.97 Å². The average molecular weight is 309 g/mol. The molecular formula is C19H19NO3. The summed E-state index contributed by atoms with van der Waals surface area (Å²) in [5.41, 5.74) is 3.04. The third kappa shape index (κ3) is 3.06. The number of esters is 1. The molecular weight excluding hydrogens is 290 g/mol. The molecule has 0 atom stereocenters. The average Bonchev–Trinajstić information content (AvgIpc) is 2.58. The molecule has 0 aliphatic carbocycles. The second-order valence-electron chi connectivity index (χ2n) is 5.41. The van der Waals surface area contributed by atoms with Crippen LogP contribution in [0.3, 0.4) is 0 Å². The van der Waals surface area contributed by atoms with Gasteiger partial charge in [-0.2, -0.15) is 0 Å². The van der Waals surface area contributed by atoms with Gasteiger partial charge in [0, 0.05) is 17.8 Å². The van der Waals surface area contributed by atoms with Crippen LogP contribution >= 0.6 is 0 Å². The number of rotatable bonds is 4. The molecule has 4 heteroatoms. The Bertz CT molecular complexity index is 737. The van der Waals surface area contributed by atoms with Crippen LogP contribution in [0.5, 0.6) is 0 Å². The number of fused-ring (bicyclic) bond motifs is 1. The molecule has 0 fully saturated rings. The number of hydrogen-bond acceptors (Lipinski definition) is 4. The summed E-state index contributed by atoms with van der Waals surface area (Å²) in [6.45, 7) is 3.04.